The second-order valence-electron chi connectivity index (χ2n) is 6.93. The molecule has 0 aliphatic carbocycles. The Morgan fingerprint density at radius 2 is 2.04 bits per heavy atom. The number of H-pyrrole nitrogens is 1. The molecule has 1 aromatic heterocycles. The number of piperidine rings is 2. The van der Waals surface area contributed by atoms with Gasteiger partial charge in [-0.25, -0.2) is 9.78 Å². The summed E-state index contributed by atoms with van der Waals surface area (Å²) in [7, 11) is 0. The zero-order valence-corrected chi connectivity index (χ0v) is 13.9. The van der Waals surface area contributed by atoms with Gasteiger partial charge in [-0.05, 0) is 51.3 Å². The molecule has 2 saturated heterocycles. The maximum absolute atomic E-state index is 11.8. The monoisotopic (exact) mass is 327 g/mol. The van der Waals surface area contributed by atoms with E-state index in [9.17, 15) is 4.79 Å². The lowest BCUT2D eigenvalue weighted by Crippen LogP contribution is -2.41. The molecule has 6 nitrogen and oxygen atoms in total. The normalized spacial score (nSPS) is 22.8. The van der Waals surface area contributed by atoms with Gasteiger partial charge in [-0.2, -0.15) is 0 Å². The van der Waals surface area contributed by atoms with Crippen LogP contribution in [0.25, 0.3) is 11.0 Å². The van der Waals surface area contributed by atoms with Crippen molar-refractivity contribution in [1.82, 2.24) is 20.2 Å². The molecule has 0 spiro atoms. The summed E-state index contributed by atoms with van der Waals surface area (Å²) in [5.74, 6) is 1.57. The van der Waals surface area contributed by atoms with Crippen LogP contribution in [0.3, 0.4) is 0 Å². The predicted octanol–water partition coefficient (Wildman–Crippen LogP) is 2.64. The number of aromatic amines is 1. The average Bonchev–Trinajstić information content (AvgIpc) is 3.06. The number of nitrogens with zero attached hydrogens (tertiary/aromatic N) is 2. The van der Waals surface area contributed by atoms with E-state index in [1.807, 2.05) is 0 Å². The number of primary amides is 1. The lowest BCUT2D eigenvalue weighted by Gasteiger charge is -2.34. The summed E-state index contributed by atoms with van der Waals surface area (Å²) in [6, 6.07) is 5.94. The summed E-state index contributed by atoms with van der Waals surface area (Å²) in [6.07, 6.45) is 5.34. The van der Waals surface area contributed by atoms with E-state index in [0.29, 0.717) is 5.92 Å². The Morgan fingerprint density at radius 3 is 2.83 bits per heavy atom. The highest BCUT2D eigenvalue weighted by Gasteiger charge is 2.29. The lowest BCUT2D eigenvalue weighted by atomic mass is 9.94. The number of hydrogen-bond acceptors (Lipinski definition) is 3. The Hall–Kier alpha value is -2.08. The third-order valence-corrected chi connectivity index (χ3v) is 5.43. The number of carbonyl (C=O) groups is 1. The van der Waals surface area contributed by atoms with E-state index in [4.69, 9.17) is 10.7 Å². The number of hydrogen-bond donors (Lipinski definition) is 3. The minimum Gasteiger partial charge on any atom is -0.351 e. The molecule has 2 aliphatic heterocycles. The largest absolute Gasteiger partial charge is 0.351 e. The van der Waals surface area contributed by atoms with Crippen molar-refractivity contribution < 1.29 is 4.79 Å². The molecule has 1 atom stereocenters. The molecule has 0 radical (unpaired) electrons. The van der Waals surface area contributed by atoms with Crippen molar-refractivity contribution in [3.63, 3.8) is 0 Å². The van der Waals surface area contributed by atoms with Gasteiger partial charge in [-0.15, -0.1) is 0 Å². The number of nitrogens with two attached hydrogens (primary N) is 1. The SMILES string of the molecule is NC(=O)N1CCCCC1c1cccc2[nH]c(C3CCNCC3)nc12. The molecular formula is C18H25N5O. The molecule has 2 aliphatic rings. The van der Waals surface area contributed by atoms with Crippen molar-refractivity contribution in [3.8, 4) is 0 Å². The first-order chi connectivity index (χ1) is 11.7. The third-order valence-electron chi connectivity index (χ3n) is 5.43. The Balaban J connectivity index is 1.72. The maximum atomic E-state index is 11.8. The van der Waals surface area contributed by atoms with E-state index in [0.717, 1.165) is 74.2 Å². The van der Waals surface area contributed by atoms with E-state index < -0.39 is 0 Å². The molecule has 0 bridgehead atoms. The second kappa shape index (κ2) is 6.43. The molecular weight excluding hydrogens is 302 g/mol. The van der Waals surface area contributed by atoms with E-state index in [1.165, 1.54) is 0 Å². The van der Waals surface area contributed by atoms with Gasteiger partial charge in [-0.3, -0.25) is 0 Å². The smallest absolute Gasteiger partial charge is 0.315 e. The number of nitrogens with one attached hydrogen (secondary N) is 2. The first-order valence-electron chi connectivity index (χ1n) is 8.99. The zero-order chi connectivity index (χ0) is 16.5. The third kappa shape index (κ3) is 2.75. The average molecular weight is 327 g/mol. The molecule has 4 rings (SSSR count). The minimum absolute atomic E-state index is 0.0455. The summed E-state index contributed by atoms with van der Waals surface area (Å²) >= 11 is 0. The van der Waals surface area contributed by atoms with Gasteiger partial charge in [0.1, 0.15) is 5.82 Å². The fourth-order valence-electron chi connectivity index (χ4n) is 4.15. The first kappa shape index (κ1) is 15.4. The van der Waals surface area contributed by atoms with E-state index in [2.05, 4.69) is 28.5 Å². The summed E-state index contributed by atoms with van der Waals surface area (Å²) in [5, 5.41) is 3.40. The molecule has 4 N–H and O–H groups in total. The van der Waals surface area contributed by atoms with Crippen molar-refractivity contribution in [3.05, 3.63) is 29.6 Å². The van der Waals surface area contributed by atoms with Gasteiger partial charge < -0.3 is 20.9 Å². The van der Waals surface area contributed by atoms with E-state index in [1.54, 1.807) is 4.90 Å². The number of imidazole rings is 1. The molecule has 3 heterocycles. The number of likely N-dealkylation sites (tertiary alicyclic amines) is 1. The van der Waals surface area contributed by atoms with Crippen LogP contribution in [0, 0.1) is 0 Å². The summed E-state index contributed by atoms with van der Waals surface area (Å²) in [4.78, 5) is 22.1. The number of fused-ring (bicyclic) bond motifs is 1. The van der Waals surface area contributed by atoms with Crippen LogP contribution >= 0.6 is 0 Å². The fourth-order valence-corrected chi connectivity index (χ4v) is 4.15. The quantitative estimate of drug-likeness (QED) is 0.792. The molecule has 6 heteroatoms. The van der Waals surface area contributed by atoms with Crippen molar-refractivity contribution in [2.24, 2.45) is 5.73 Å². The number of para-hydroxylation sites is 1. The molecule has 128 valence electrons. The Kier molecular flexibility index (Phi) is 4.14. The summed E-state index contributed by atoms with van der Waals surface area (Å²) < 4.78 is 0. The van der Waals surface area contributed by atoms with Crippen LogP contribution in [-0.4, -0.2) is 40.5 Å². The molecule has 1 unspecified atom stereocenters. The topological polar surface area (TPSA) is 87.0 Å². The molecule has 0 saturated carbocycles. The zero-order valence-electron chi connectivity index (χ0n) is 13.9. The molecule has 2 amide bonds. The summed E-state index contributed by atoms with van der Waals surface area (Å²) in [6.45, 7) is 2.83. The highest BCUT2D eigenvalue weighted by Crippen LogP contribution is 2.35. The highest BCUT2D eigenvalue weighted by atomic mass is 16.2. The number of aromatic nitrogens is 2. The van der Waals surface area contributed by atoms with Gasteiger partial charge in [0.2, 0.25) is 0 Å². The van der Waals surface area contributed by atoms with Crippen LogP contribution in [0.4, 0.5) is 4.79 Å². The second-order valence-corrected chi connectivity index (χ2v) is 6.93. The number of rotatable bonds is 2. The van der Waals surface area contributed by atoms with Crippen LogP contribution in [0.2, 0.25) is 0 Å². The number of benzene rings is 1. The van der Waals surface area contributed by atoms with Crippen molar-refractivity contribution >= 4 is 17.1 Å². The van der Waals surface area contributed by atoms with Gasteiger partial charge in [-0.1, -0.05) is 12.1 Å². The highest BCUT2D eigenvalue weighted by molar-refractivity contribution is 5.81. The molecule has 24 heavy (non-hydrogen) atoms. The van der Waals surface area contributed by atoms with E-state index >= 15 is 0 Å². The van der Waals surface area contributed by atoms with Crippen molar-refractivity contribution in [1.29, 1.82) is 0 Å². The van der Waals surface area contributed by atoms with Gasteiger partial charge in [0, 0.05) is 18.0 Å². The number of urea groups is 1. The van der Waals surface area contributed by atoms with Crippen LogP contribution in [-0.2, 0) is 0 Å². The Morgan fingerprint density at radius 1 is 1.21 bits per heavy atom. The Labute approximate surface area is 141 Å². The van der Waals surface area contributed by atoms with Crippen LogP contribution in [0.15, 0.2) is 18.2 Å². The standard InChI is InChI=1S/C18H25N5O/c19-18(24)23-11-2-1-6-15(23)13-4-3-5-14-16(13)22-17(21-14)12-7-9-20-10-8-12/h3-5,12,15,20H,1-2,6-11H2,(H2,19,24)(H,21,22). The van der Waals surface area contributed by atoms with Crippen molar-refractivity contribution in [2.75, 3.05) is 19.6 Å². The molecule has 2 fully saturated rings. The summed E-state index contributed by atoms with van der Waals surface area (Å²) in [5.41, 5.74) is 8.81. The maximum Gasteiger partial charge on any atom is 0.315 e. The van der Waals surface area contributed by atoms with Gasteiger partial charge in [0.05, 0.1) is 17.1 Å². The molecule has 2 aromatic rings. The Bertz CT molecular complexity index is 734. The van der Waals surface area contributed by atoms with Crippen LogP contribution < -0.4 is 11.1 Å². The predicted molar refractivity (Wildman–Crippen MR) is 93.8 cm³/mol. The van der Waals surface area contributed by atoms with Crippen molar-refractivity contribution in [2.45, 2.75) is 44.1 Å². The van der Waals surface area contributed by atoms with Gasteiger partial charge in [0.25, 0.3) is 0 Å². The van der Waals surface area contributed by atoms with Gasteiger partial charge >= 0.3 is 6.03 Å². The number of amides is 2. The van der Waals surface area contributed by atoms with E-state index in [-0.39, 0.29) is 12.1 Å². The first-order valence-corrected chi connectivity index (χ1v) is 8.99. The van der Waals surface area contributed by atoms with Gasteiger partial charge in [0.15, 0.2) is 0 Å². The number of carbonyl (C=O) groups excluding carboxylic acids is 1. The molecule has 1 aromatic carbocycles. The van der Waals surface area contributed by atoms with Crippen LogP contribution in [0.1, 0.15) is 55.5 Å². The minimum atomic E-state index is -0.328. The lowest BCUT2D eigenvalue weighted by molar-refractivity contribution is 0.160. The fraction of sp³-hybridized carbons (Fsp3) is 0.556. The van der Waals surface area contributed by atoms with Crippen LogP contribution in [0.5, 0.6) is 0 Å².